The third kappa shape index (κ3) is 9.23. The van der Waals surface area contributed by atoms with E-state index >= 15 is 0 Å². The first-order chi connectivity index (χ1) is 13.9. The summed E-state index contributed by atoms with van der Waals surface area (Å²) >= 11 is 0. The zero-order valence-electron chi connectivity index (χ0n) is 18.2. The van der Waals surface area contributed by atoms with Crippen LogP contribution in [-0.4, -0.2) is 64.0 Å². The molecule has 4 N–H and O–H groups in total. The predicted molar refractivity (Wildman–Crippen MR) is 111 cm³/mol. The van der Waals surface area contributed by atoms with Crippen molar-refractivity contribution in [2.45, 2.75) is 58.8 Å². The normalized spacial score (nSPS) is 13.3. The molecule has 9 nitrogen and oxygen atoms in total. The van der Waals surface area contributed by atoms with E-state index < -0.39 is 35.7 Å². The minimum absolute atomic E-state index is 0.0424. The fourth-order valence-electron chi connectivity index (χ4n) is 2.71. The van der Waals surface area contributed by atoms with Gasteiger partial charge in [-0.2, -0.15) is 0 Å². The molecular formula is C21H33N3O6. The number of nitrogens with one attached hydrogen (secondary N) is 2. The van der Waals surface area contributed by atoms with E-state index in [1.54, 1.807) is 50.5 Å². The Kier molecular flexibility index (Phi) is 9.74. The predicted octanol–water partition coefficient (Wildman–Crippen LogP) is 1.47. The lowest BCUT2D eigenvalue weighted by Gasteiger charge is -2.29. The Hall–Kier alpha value is -2.65. The molecule has 1 rings (SSSR count). The van der Waals surface area contributed by atoms with Crippen LogP contribution in [0.3, 0.4) is 0 Å². The van der Waals surface area contributed by atoms with Gasteiger partial charge in [0.15, 0.2) is 6.10 Å². The van der Waals surface area contributed by atoms with Crippen LogP contribution in [0.25, 0.3) is 0 Å². The molecular weight excluding hydrogens is 390 g/mol. The lowest BCUT2D eigenvalue weighted by molar-refractivity contribution is -0.165. The third-order valence-corrected chi connectivity index (χ3v) is 3.95. The molecule has 1 aromatic carbocycles. The maximum Gasteiger partial charge on any atom is 0.337 e. The summed E-state index contributed by atoms with van der Waals surface area (Å²) in [6.45, 7) is 8.74. The van der Waals surface area contributed by atoms with Crippen molar-refractivity contribution in [1.29, 1.82) is 0 Å². The molecule has 30 heavy (non-hydrogen) atoms. The quantitative estimate of drug-likeness (QED) is 0.271. The smallest absolute Gasteiger partial charge is 0.337 e. The molecule has 0 saturated heterocycles. The van der Waals surface area contributed by atoms with E-state index in [9.17, 15) is 19.5 Å². The van der Waals surface area contributed by atoms with Gasteiger partial charge < -0.3 is 20.1 Å². The molecule has 9 heteroatoms. The van der Waals surface area contributed by atoms with E-state index in [0.29, 0.717) is 0 Å². The van der Waals surface area contributed by atoms with Crippen LogP contribution in [0.5, 0.6) is 0 Å². The molecule has 0 aromatic heterocycles. The Morgan fingerprint density at radius 3 is 2.20 bits per heavy atom. The van der Waals surface area contributed by atoms with Crippen molar-refractivity contribution in [2.75, 3.05) is 13.1 Å². The Morgan fingerprint density at radius 2 is 1.70 bits per heavy atom. The summed E-state index contributed by atoms with van der Waals surface area (Å²) in [5.41, 5.74) is 1.57. The number of hydrogen-bond acceptors (Lipinski definition) is 6. The second-order valence-electron chi connectivity index (χ2n) is 8.52. The molecule has 168 valence electrons. The van der Waals surface area contributed by atoms with E-state index in [4.69, 9.17) is 9.94 Å². The van der Waals surface area contributed by atoms with Crippen LogP contribution in [0.1, 0.15) is 40.2 Å². The minimum Gasteiger partial charge on any atom is -0.458 e. The number of hydroxylamine groups is 1. The van der Waals surface area contributed by atoms with E-state index in [1.807, 2.05) is 19.9 Å². The summed E-state index contributed by atoms with van der Waals surface area (Å²) in [4.78, 5) is 38.2. The van der Waals surface area contributed by atoms with Crippen molar-refractivity contribution in [3.63, 3.8) is 0 Å². The van der Waals surface area contributed by atoms with Gasteiger partial charge in [0.25, 0.3) is 5.91 Å². The minimum atomic E-state index is -1.53. The van der Waals surface area contributed by atoms with Crippen LogP contribution < -0.4 is 10.8 Å². The number of carbonyl (C=O) groups excluding carboxylic acids is 3. The average Bonchev–Trinajstić information content (AvgIpc) is 2.65. The van der Waals surface area contributed by atoms with Gasteiger partial charge in [-0.25, -0.2) is 15.1 Å². The van der Waals surface area contributed by atoms with Crippen LogP contribution in [0.15, 0.2) is 30.3 Å². The van der Waals surface area contributed by atoms with Gasteiger partial charge >= 0.3 is 12.0 Å². The number of urea groups is 1. The van der Waals surface area contributed by atoms with Gasteiger partial charge in [0.05, 0.1) is 6.54 Å². The highest BCUT2D eigenvalue weighted by atomic mass is 16.6. The van der Waals surface area contributed by atoms with Gasteiger partial charge in [0.1, 0.15) is 11.6 Å². The number of amides is 3. The molecule has 3 amide bonds. The molecule has 0 aliphatic rings. The SMILES string of the molecule is CC(C)CN(CC(O)C(=O)OC(C)(C)C)C(=O)NC(Cc1ccccc1)C(=O)NO. The molecule has 0 fully saturated rings. The van der Waals surface area contributed by atoms with Crippen molar-refractivity contribution < 1.29 is 29.4 Å². The number of benzene rings is 1. The van der Waals surface area contributed by atoms with E-state index in [2.05, 4.69) is 5.32 Å². The molecule has 0 heterocycles. The van der Waals surface area contributed by atoms with Gasteiger partial charge in [-0.05, 0) is 32.3 Å². The summed E-state index contributed by atoms with van der Waals surface area (Å²) in [5, 5.41) is 21.8. The Morgan fingerprint density at radius 1 is 1.10 bits per heavy atom. The summed E-state index contributed by atoms with van der Waals surface area (Å²) in [6.07, 6.45) is -1.38. The van der Waals surface area contributed by atoms with E-state index in [1.165, 1.54) is 4.90 Å². The first-order valence-corrected chi connectivity index (χ1v) is 9.87. The Bertz CT molecular complexity index is 702. The maximum atomic E-state index is 12.8. The van der Waals surface area contributed by atoms with Gasteiger partial charge in [0.2, 0.25) is 0 Å². The molecule has 2 atom stereocenters. The highest BCUT2D eigenvalue weighted by Gasteiger charge is 2.29. The third-order valence-electron chi connectivity index (χ3n) is 3.95. The highest BCUT2D eigenvalue weighted by Crippen LogP contribution is 2.11. The van der Waals surface area contributed by atoms with Crippen LogP contribution in [0, 0.1) is 5.92 Å². The first kappa shape index (κ1) is 25.4. The molecule has 0 radical (unpaired) electrons. The van der Waals surface area contributed by atoms with Crippen molar-refractivity contribution in [3.8, 4) is 0 Å². The fraction of sp³-hybridized carbons (Fsp3) is 0.571. The van der Waals surface area contributed by atoms with Gasteiger partial charge in [-0.3, -0.25) is 10.0 Å². The van der Waals surface area contributed by atoms with Gasteiger partial charge in [-0.1, -0.05) is 44.2 Å². The lowest BCUT2D eigenvalue weighted by Crippen LogP contribution is -2.54. The number of hydrogen-bond donors (Lipinski definition) is 4. The fourth-order valence-corrected chi connectivity index (χ4v) is 2.71. The zero-order chi connectivity index (χ0) is 22.9. The van der Waals surface area contributed by atoms with Crippen LogP contribution in [-0.2, 0) is 20.7 Å². The molecule has 0 saturated carbocycles. The standard InChI is InChI=1S/C21H33N3O6/c1-14(2)12-24(13-17(25)19(27)30-21(3,4)5)20(28)22-16(18(26)23-29)11-15-9-7-6-8-10-15/h6-10,14,16-17,25,29H,11-13H2,1-5H3,(H,22,28)(H,23,26). The number of esters is 1. The highest BCUT2D eigenvalue weighted by molar-refractivity contribution is 5.87. The van der Waals surface area contributed by atoms with Crippen molar-refractivity contribution in [1.82, 2.24) is 15.7 Å². The maximum absolute atomic E-state index is 12.8. The van der Waals surface area contributed by atoms with Crippen LogP contribution >= 0.6 is 0 Å². The Labute approximate surface area is 177 Å². The van der Waals surface area contributed by atoms with E-state index in [-0.39, 0.29) is 25.4 Å². The van der Waals surface area contributed by atoms with Crippen LogP contribution in [0.4, 0.5) is 4.79 Å². The largest absolute Gasteiger partial charge is 0.458 e. The molecule has 1 aromatic rings. The second kappa shape index (κ2) is 11.5. The van der Waals surface area contributed by atoms with Crippen LogP contribution in [0.2, 0.25) is 0 Å². The number of rotatable bonds is 9. The average molecular weight is 424 g/mol. The van der Waals surface area contributed by atoms with Gasteiger partial charge in [0, 0.05) is 13.0 Å². The van der Waals surface area contributed by atoms with Crippen molar-refractivity contribution >= 4 is 17.9 Å². The monoisotopic (exact) mass is 423 g/mol. The summed E-state index contributed by atoms with van der Waals surface area (Å²) in [5.74, 6) is -1.57. The molecule has 0 spiro atoms. The number of ether oxygens (including phenoxy) is 1. The molecule has 0 bridgehead atoms. The number of carbonyl (C=O) groups is 3. The number of aliphatic hydroxyl groups is 1. The molecule has 2 unspecified atom stereocenters. The lowest BCUT2D eigenvalue weighted by atomic mass is 10.1. The van der Waals surface area contributed by atoms with Crippen molar-refractivity contribution in [3.05, 3.63) is 35.9 Å². The second-order valence-corrected chi connectivity index (χ2v) is 8.52. The summed E-state index contributed by atoms with van der Waals surface area (Å²) < 4.78 is 5.16. The molecule has 0 aliphatic carbocycles. The topological polar surface area (TPSA) is 128 Å². The zero-order valence-corrected chi connectivity index (χ0v) is 18.2. The summed E-state index contributed by atoms with van der Waals surface area (Å²) in [6, 6.07) is 7.32. The van der Waals surface area contributed by atoms with Crippen molar-refractivity contribution in [2.24, 2.45) is 5.92 Å². The summed E-state index contributed by atoms with van der Waals surface area (Å²) in [7, 11) is 0. The number of aliphatic hydroxyl groups excluding tert-OH is 1. The number of nitrogens with zero attached hydrogens (tertiary/aromatic N) is 1. The Balaban J connectivity index is 2.90. The van der Waals surface area contributed by atoms with Gasteiger partial charge in [-0.15, -0.1) is 0 Å². The first-order valence-electron chi connectivity index (χ1n) is 9.87. The van der Waals surface area contributed by atoms with E-state index in [0.717, 1.165) is 5.56 Å². The molecule has 0 aliphatic heterocycles.